The van der Waals surface area contributed by atoms with Crippen molar-refractivity contribution in [1.82, 2.24) is 0 Å². The molecule has 41 heavy (non-hydrogen) atoms. The summed E-state index contributed by atoms with van der Waals surface area (Å²) in [4.78, 5) is 46.9. The maximum atomic E-state index is 12.4. The zero-order chi connectivity index (χ0) is 30.3. The van der Waals surface area contributed by atoms with Crippen molar-refractivity contribution in [3.05, 3.63) is 103 Å². The summed E-state index contributed by atoms with van der Waals surface area (Å²) in [6, 6.07) is 19.1. The zero-order valence-corrected chi connectivity index (χ0v) is 23.5. The number of carbonyl (C=O) groups excluding carboxylic acids is 4. The first-order valence-corrected chi connectivity index (χ1v) is 12.5. The third-order valence-corrected chi connectivity index (χ3v) is 5.74. The molecule has 0 bridgehead atoms. The van der Waals surface area contributed by atoms with Crippen LogP contribution in [0.4, 0.5) is 0 Å². The highest BCUT2D eigenvalue weighted by atomic mass is 16.6. The summed E-state index contributed by atoms with van der Waals surface area (Å²) >= 11 is 0. The van der Waals surface area contributed by atoms with Crippen LogP contribution in [0.25, 0.3) is 22.3 Å². The van der Waals surface area contributed by atoms with E-state index in [2.05, 4.69) is 13.2 Å². The summed E-state index contributed by atoms with van der Waals surface area (Å²) in [6.45, 7) is 14.8. The van der Waals surface area contributed by atoms with Gasteiger partial charge < -0.3 is 18.9 Å². The van der Waals surface area contributed by atoms with Crippen LogP contribution in [0.1, 0.15) is 34.6 Å². The van der Waals surface area contributed by atoms with Gasteiger partial charge in [0, 0.05) is 23.6 Å². The van der Waals surface area contributed by atoms with E-state index in [1.807, 2.05) is 24.3 Å². The highest BCUT2D eigenvalue weighted by molar-refractivity contribution is 6.33. The Morgan fingerprint density at radius 2 is 1.05 bits per heavy atom. The van der Waals surface area contributed by atoms with Crippen molar-refractivity contribution in [1.29, 1.82) is 0 Å². The van der Waals surface area contributed by atoms with E-state index in [9.17, 15) is 19.2 Å². The van der Waals surface area contributed by atoms with E-state index in [1.54, 1.807) is 70.2 Å². The summed E-state index contributed by atoms with van der Waals surface area (Å²) < 4.78 is 21.7. The Bertz CT molecular complexity index is 1560. The van der Waals surface area contributed by atoms with Gasteiger partial charge in [-0.25, -0.2) is 14.4 Å². The van der Waals surface area contributed by atoms with Crippen molar-refractivity contribution < 1.29 is 38.1 Å². The Labute approximate surface area is 238 Å². The van der Waals surface area contributed by atoms with Gasteiger partial charge in [0.25, 0.3) is 0 Å². The van der Waals surface area contributed by atoms with Gasteiger partial charge in [0.15, 0.2) is 0 Å². The van der Waals surface area contributed by atoms with Crippen LogP contribution in [0, 0.1) is 0 Å². The molecular formula is C33H30O8. The third-order valence-electron chi connectivity index (χ3n) is 5.74. The largest absolute Gasteiger partial charge is 0.459 e. The van der Waals surface area contributed by atoms with Crippen molar-refractivity contribution in [2.45, 2.75) is 34.6 Å². The molecule has 0 saturated heterocycles. The molecule has 0 heterocycles. The number of Topliss-reactive ketones (excluding diaryl/α,β-unsaturated/α-hetero) is 1. The van der Waals surface area contributed by atoms with Gasteiger partial charge in [-0.1, -0.05) is 49.6 Å². The minimum atomic E-state index is -0.956. The van der Waals surface area contributed by atoms with E-state index in [0.29, 0.717) is 34.1 Å². The number of ketones is 1. The molecule has 0 N–H and O–H groups in total. The number of hydrogen-bond acceptors (Lipinski definition) is 8. The molecule has 0 aliphatic heterocycles. The molecule has 210 valence electrons. The molecule has 0 atom stereocenters. The van der Waals surface area contributed by atoms with Crippen LogP contribution in [-0.2, 0) is 23.9 Å². The van der Waals surface area contributed by atoms with E-state index in [-0.39, 0.29) is 16.9 Å². The second-order valence-corrected chi connectivity index (χ2v) is 9.26. The lowest BCUT2D eigenvalue weighted by molar-refractivity contribution is -0.146. The van der Waals surface area contributed by atoms with Crippen LogP contribution in [-0.4, -0.2) is 23.7 Å². The Kier molecular flexibility index (Phi) is 9.76. The molecule has 0 radical (unpaired) electrons. The van der Waals surface area contributed by atoms with Crippen LogP contribution in [0.2, 0.25) is 0 Å². The molecule has 3 rings (SSSR count). The number of allylic oxidation sites excluding steroid dienone is 2. The zero-order valence-electron chi connectivity index (χ0n) is 23.5. The summed E-state index contributed by atoms with van der Waals surface area (Å²) in [5, 5.41) is 0. The fourth-order valence-corrected chi connectivity index (χ4v) is 3.36. The maximum absolute atomic E-state index is 12.4. The molecule has 0 saturated carbocycles. The first-order chi connectivity index (χ1) is 19.3. The third kappa shape index (κ3) is 8.12. The lowest BCUT2D eigenvalue weighted by atomic mass is 9.99. The van der Waals surface area contributed by atoms with Gasteiger partial charge >= 0.3 is 17.9 Å². The first kappa shape index (κ1) is 30.3. The average molecular weight is 555 g/mol. The van der Waals surface area contributed by atoms with Crippen molar-refractivity contribution >= 4 is 23.7 Å². The van der Waals surface area contributed by atoms with Gasteiger partial charge in [-0.3, -0.25) is 4.79 Å². The van der Waals surface area contributed by atoms with Gasteiger partial charge in [0.1, 0.15) is 28.8 Å². The van der Waals surface area contributed by atoms with Crippen LogP contribution >= 0.6 is 0 Å². The topological polar surface area (TPSA) is 105 Å². The minimum Gasteiger partial charge on any atom is -0.459 e. The maximum Gasteiger partial charge on any atom is 0.379 e. The van der Waals surface area contributed by atoms with Gasteiger partial charge in [-0.2, -0.15) is 0 Å². The quantitative estimate of drug-likeness (QED) is 0.0891. The van der Waals surface area contributed by atoms with Crippen molar-refractivity contribution in [2.24, 2.45) is 0 Å². The molecule has 8 heteroatoms. The number of esters is 3. The average Bonchev–Trinajstić information content (AvgIpc) is 2.93. The van der Waals surface area contributed by atoms with Gasteiger partial charge in [-0.05, 0) is 74.7 Å². The molecule has 3 aromatic carbocycles. The lowest BCUT2D eigenvalue weighted by Gasteiger charge is -2.14. The summed E-state index contributed by atoms with van der Waals surface area (Å²) in [5.41, 5.74) is 3.44. The summed E-state index contributed by atoms with van der Waals surface area (Å²) in [6.07, 6.45) is 0. The number of rotatable bonds is 10. The van der Waals surface area contributed by atoms with Gasteiger partial charge in [0.05, 0.1) is 0 Å². The van der Waals surface area contributed by atoms with Crippen molar-refractivity contribution in [3.63, 3.8) is 0 Å². The van der Waals surface area contributed by atoms with Crippen LogP contribution in [0.15, 0.2) is 103 Å². The van der Waals surface area contributed by atoms with E-state index < -0.39 is 23.7 Å². The van der Waals surface area contributed by atoms with Crippen LogP contribution in [0.3, 0.4) is 0 Å². The minimum absolute atomic E-state index is 0.211. The number of ether oxygens (including phenoxy) is 4. The van der Waals surface area contributed by atoms with E-state index in [4.69, 9.17) is 18.9 Å². The predicted octanol–water partition coefficient (Wildman–Crippen LogP) is 6.75. The SMILES string of the molecule is C=C(C)C(=O)O/C(C)=C(\C)Oc1ccc(-c2ccc(-c3ccc(OC(=O)C(C)=O)cc3)c(OC(=O)C(=C)C)c2)cc1. The Hall–Kier alpha value is -5.24. The summed E-state index contributed by atoms with van der Waals surface area (Å²) in [7, 11) is 0. The Morgan fingerprint density at radius 3 is 1.59 bits per heavy atom. The molecule has 0 unspecified atom stereocenters. The second-order valence-electron chi connectivity index (χ2n) is 9.26. The number of hydrogen-bond donors (Lipinski definition) is 0. The Morgan fingerprint density at radius 1 is 0.537 bits per heavy atom. The molecule has 0 aliphatic carbocycles. The highest BCUT2D eigenvalue weighted by Crippen LogP contribution is 2.36. The number of carbonyl (C=O) groups is 4. The predicted molar refractivity (Wildman–Crippen MR) is 154 cm³/mol. The van der Waals surface area contributed by atoms with Crippen molar-refractivity contribution in [3.8, 4) is 39.5 Å². The monoisotopic (exact) mass is 554 g/mol. The molecule has 0 aromatic heterocycles. The lowest BCUT2D eigenvalue weighted by Crippen LogP contribution is -2.16. The van der Waals surface area contributed by atoms with Crippen LogP contribution < -0.4 is 14.2 Å². The van der Waals surface area contributed by atoms with E-state index in [1.165, 1.54) is 0 Å². The van der Waals surface area contributed by atoms with Gasteiger partial charge in [-0.15, -0.1) is 0 Å². The van der Waals surface area contributed by atoms with E-state index >= 15 is 0 Å². The fraction of sp³-hybridized carbons (Fsp3) is 0.152. The molecule has 3 aromatic rings. The molecular weight excluding hydrogens is 524 g/mol. The highest BCUT2D eigenvalue weighted by Gasteiger charge is 2.15. The smallest absolute Gasteiger partial charge is 0.379 e. The summed E-state index contributed by atoms with van der Waals surface area (Å²) in [5.74, 6) is -0.969. The normalized spacial score (nSPS) is 11.0. The number of benzene rings is 3. The van der Waals surface area contributed by atoms with Crippen LogP contribution in [0.5, 0.6) is 17.2 Å². The molecule has 0 fully saturated rings. The Balaban J connectivity index is 1.88. The van der Waals surface area contributed by atoms with Gasteiger partial charge in [0.2, 0.25) is 5.78 Å². The molecule has 0 amide bonds. The van der Waals surface area contributed by atoms with E-state index in [0.717, 1.165) is 18.1 Å². The molecule has 0 spiro atoms. The standard InChI is InChI=1S/C33H30O8/c1-19(2)31(35)39-23(7)22(6)38-27-13-8-24(9-14-27)26-12-17-29(30(18-26)41-32(36)20(3)4)25-10-15-28(16-11-25)40-33(37)21(5)34/h8-18H,1,3H2,2,4-7H3/b23-22+. The second kappa shape index (κ2) is 13.2. The first-order valence-electron chi connectivity index (χ1n) is 12.5. The van der Waals surface area contributed by atoms with Crippen molar-refractivity contribution in [2.75, 3.05) is 0 Å². The molecule has 8 nitrogen and oxygen atoms in total. The fourth-order valence-electron chi connectivity index (χ4n) is 3.36. The molecule has 0 aliphatic rings.